The fourth-order valence-corrected chi connectivity index (χ4v) is 4.10. The molecule has 0 radical (unpaired) electrons. The van der Waals surface area contributed by atoms with Crippen molar-refractivity contribution in [2.75, 3.05) is 40.3 Å². The van der Waals surface area contributed by atoms with Crippen molar-refractivity contribution in [3.63, 3.8) is 0 Å². The number of guanidine groups is 1. The van der Waals surface area contributed by atoms with Gasteiger partial charge in [0.05, 0.1) is 11.8 Å². The molecule has 2 fully saturated rings. The third-order valence-electron chi connectivity index (χ3n) is 5.40. The van der Waals surface area contributed by atoms with Gasteiger partial charge in [0.1, 0.15) is 6.54 Å². The molecule has 1 saturated heterocycles. The fourth-order valence-electron chi connectivity index (χ4n) is 4.10. The molecule has 2 N–H and O–H groups in total. The molecule has 2 aliphatic carbocycles. The summed E-state index contributed by atoms with van der Waals surface area (Å²) in [6.07, 6.45) is 5.13. The van der Waals surface area contributed by atoms with Crippen molar-refractivity contribution in [3.8, 4) is 0 Å². The van der Waals surface area contributed by atoms with Gasteiger partial charge in [0.2, 0.25) is 17.7 Å². The monoisotopic (exact) mass is 361 g/mol. The number of hydrogen-bond donors (Lipinski definition) is 2. The molecule has 2 bridgehead atoms. The van der Waals surface area contributed by atoms with Crippen LogP contribution in [0.1, 0.15) is 13.3 Å². The molecule has 0 aromatic carbocycles. The molecule has 8 nitrogen and oxygen atoms in total. The average molecular weight is 361 g/mol. The van der Waals surface area contributed by atoms with E-state index in [1.165, 1.54) is 9.80 Å². The number of rotatable bonds is 6. The van der Waals surface area contributed by atoms with Gasteiger partial charge in [-0.05, 0) is 25.2 Å². The molecule has 1 aliphatic heterocycles. The standard InChI is InChI=1S/C18H27N5O3/c1-4-19-18(21-10-13(24)22(2)3)20-7-8-23-16(25)14-11-5-6-12(9-11)15(14)17(23)26/h5-6,11-12,14-15H,4,7-10H2,1-3H3,(H2,19,20,21). The van der Waals surface area contributed by atoms with Gasteiger partial charge >= 0.3 is 0 Å². The minimum atomic E-state index is -0.155. The number of carbonyl (C=O) groups is 3. The number of amides is 3. The van der Waals surface area contributed by atoms with Crippen LogP contribution < -0.4 is 10.6 Å². The van der Waals surface area contributed by atoms with Crippen LogP contribution in [-0.2, 0) is 14.4 Å². The van der Waals surface area contributed by atoms with Gasteiger partial charge in [-0.3, -0.25) is 19.3 Å². The lowest BCUT2D eigenvalue weighted by molar-refractivity contribution is -0.140. The summed E-state index contributed by atoms with van der Waals surface area (Å²) < 4.78 is 0. The lowest BCUT2D eigenvalue weighted by atomic mass is 9.85. The first kappa shape index (κ1) is 18.4. The summed E-state index contributed by atoms with van der Waals surface area (Å²) >= 11 is 0. The largest absolute Gasteiger partial charge is 0.357 e. The zero-order valence-corrected chi connectivity index (χ0v) is 15.6. The highest BCUT2D eigenvalue weighted by Gasteiger charge is 2.58. The number of carbonyl (C=O) groups excluding carboxylic acids is 3. The Balaban J connectivity index is 1.53. The fraction of sp³-hybridized carbons (Fsp3) is 0.667. The molecule has 3 rings (SSSR count). The Labute approximate surface area is 153 Å². The van der Waals surface area contributed by atoms with Crippen LogP contribution in [0, 0.1) is 23.7 Å². The molecule has 3 aliphatic rings. The van der Waals surface area contributed by atoms with Crippen LogP contribution in [0.2, 0.25) is 0 Å². The van der Waals surface area contributed by atoms with Crippen LogP contribution in [0.15, 0.2) is 17.1 Å². The lowest BCUT2D eigenvalue weighted by Crippen LogP contribution is -2.44. The Morgan fingerprint density at radius 3 is 2.35 bits per heavy atom. The number of hydrogen-bond acceptors (Lipinski definition) is 4. The Kier molecular flexibility index (Phi) is 5.29. The number of aliphatic imine (C=N–C) groups is 1. The van der Waals surface area contributed by atoms with Crippen LogP contribution in [0.4, 0.5) is 0 Å². The summed E-state index contributed by atoms with van der Waals surface area (Å²) in [5.41, 5.74) is 0. The number of likely N-dealkylation sites (N-methyl/N-ethyl adjacent to an activating group) is 1. The van der Waals surface area contributed by atoms with Crippen LogP contribution in [0.3, 0.4) is 0 Å². The minimum Gasteiger partial charge on any atom is -0.357 e. The Hall–Kier alpha value is -2.38. The third-order valence-corrected chi connectivity index (χ3v) is 5.40. The van der Waals surface area contributed by atoms with Crippen LogP contribution in [0.5, 0.6) is 0 Å². The Morgan fingerprint density at radius 2 is 1.81 bits per heavy atom. The number of allylic oxidation sites excluding steroid dienone is 2. The average Bonchev–Trinajstić information content (AvgIpc) is 3.28. The number of nitrogens with zero attached hydrogens (tertiary/aromatic N) is 3. The van der Waals surface area contributed by atoms with Gasteiger partial charge in [-0.15, -0.1) is 0 Å². The van der Waals surface area contributed by atoms with E-state index >= 15 is 0 Å². The van der Waals surface area contributed by atoms with Gasteiger partial charge < -0.3 is 15.5 Å². The first-order valence-corrected chi connectivity index (χ1v) is 9.20. The Morgan fingerprint density at radius 1 is 1.19 bits per heavy atom. The number of likely N-dealkylation sites (tertiary alicyclic amines) is 1. The molecule has 1 saturated carbocycles. The highest BCUT2D eigenvalue weighted by Crippen LogP contribution is 2.52. The van der Waals surface area contributed by atoms with E-state index in [-0.39, 0.29) is 47.9 Å². The Bertz CT molecular complexity index is 627. The van der Waals surface area contributed by atoms with Gasteiger partial charge in [-0.2, -0.15) is 0 Å². The zero-order valence-electron chi connectivity index (χ0n) is 15.6. The summed E-state index contributed by atoms with van der Waals surface area (Å²) in [6.45, 7) is 3.35. The maximum absolute atomic E-state index is 12.6. The lowest BCUT2D eigenvalue weighted by Gasteiger charge is -2.18. The number of nitrogens with one attached hydrogen (secondary N) is 2. The number of imide groups is 1. The van der Waals surface area contributed by atoms with E-state index in [1.54, 1.807) is 14.1 Å². The molecular formula is C18H27N5O3. The van der Waals surface area contributed by atoms with Crippen molar-refractivity contribution in [1.82, 2.24) is 20.4 Å². The molecule has 142 valence electrons. The first-order valence-electron chi connectivity index (χ1n) is 9.20. The van der Waals surface area contributed by atoms with Crippen molar-refractivity contribution in [2.24, 2.45) is 28.7 Å². The molecule has 4 unspecified atom stereocenters. The second kappa shape index (κ2) is 7.47. The molecule has 0 aromatic heterocycles. The normalized spacial score (nSPS) is 29.3. The van der Waals surface area contributed by atoms with Gasteiger partial charge in [-0.25, -0.2) is 4.99 Å². The molecule has 0 aromatic rings. The van der Waals surface area contributed by atoms with E-state index < -0.39 is 0 Å². The van der Waals surface area contributed by atoms with Crippen molar-refractivity contribution in [2.45, 2.75) is 13.3 Å². The summed E-state index contributed by atoms with van der Waals surface area (Å²) in [4.78, 5) is 44.0. The summed E-state index contributed by atoms with van der Waals surface area (Å²) in [7, 11) is 3.36. The van der Waals surface area contributed by atoms with Crippen molar-refractivity contribution in [1.29, 1.82) is 0 Å². The first-order chi connectivity index (χ1) is 12.4. The molecule has 3 amide bonds. The van der Waals surface area contributed by atoms with Gasteiger partial charge in [0, 0.05) is 33.7 Å². The molecule has 26 heavy (non-hydrogen) atoms. The van der Waals surface area contributed by atoms with E-state index in [0.29, 0.717) is 25.6 Å². The smallest absolute Gasteiger partial charge is 0.243 e. The van der Waals surface area contributed by atoms with Gasteiger partial charge in [0.25, 0.3) is 0 Å². The molecule has 4 atom stereocenters. The molecule has 0 spiro atoms. The van der Waals surface area contributed by atoms with E-state index in [2.05, 4.69) is 27.8 Å². The van der Waals surface area contributed by atoms with E-state index in [4.69, 9.17) is 0 Å². The van der Waals surface area contributed by atoms with E-state index in [9.17, 15) is 14.4 Å². The SMILES string of the molecule is CCNC(=NCC(=O)N(C)C)NCCN1C(=O)C2C3C=CC(C3)C2C1=O. The van der Waals surface area contributed by atoms with E-state index in [0.717, 1.165) is 6.42 Å². The summed E-state index contributed by atoms with van der Waals surface area (Å²) in [5, 5.41) is 6.15. The van der Waals surface area contributed by atoms with Crippen LogP contribution >= 0.6 is 0 Å². The maximum Gasteiger partial charge on any atom is 0.243 e. The van der Waals surface area contributed by atoms with Gasteiger partial charge in [0.15, 0.2) is 5.96 Å². The summed E-state index contributed by atoms with van der Waals surface area (Å²) in [5.74, 6) is 0.485. The second-order valence-corrected chi connectivity index (χ2v) is 7.24. The van der Waals surface area contributed by atoms with E-state index in [1.807, 2.05) is 6.92 Å². The van der Waals surface area contributed by atoms with Crippen molar-refractivity contribution in [3.05, 3.63) is 12.2 Å². The third kappa shape index (κ3) is 3.32. The number of fused-ring (bicyclic) bond motifs is 5. The quantitative estimate of drug-likeness (QED) is 0.286. The van der Waals surface area contributed by atoms with Crippen molar-refractivity contribution < 1.29 is 14.4 Å². The zero-order chi connectivity index (χ0) is 18.8. The topological polar surface area (TPSA) is 94.1 Å². The molecule has 8 heteroatoms. The molecular weight excluding hydrogens is 334 g/mol. The van der Waals surface area contributed by atoms with Gasteiger partial charge in [-0.1, -0.05) is 12.2 Å². The highest BCUT2D eigenvalue weighted by atomic mass is 16.2. The highest BCUT2D eigenvalue weighted by molar-refractivity contribution is 6.06. The van der Waals surface area contributed by atoms with Crippen LogP contribution in [0.25, 0.3) is 0 Å². The minimum absolute atomic E-state index is 0.0385. The second-order valence-electron chi connectivity index (χ2n) is 7.24. The predicted octanol–water partition coefficient (Wildman–Crippen LogP) is -0.563. The molecule has 1 heterocycles. The predicted molar refractivity (Wildman–Crippen MR) is 97.1 cm³/mol. The maximum atomic E-state index is 12.6. The van der Waals surface area contributed by atoms with Crippen molar-refractivity contribution >= 4 is 23.7 Å². The summed E-state index contributed by atoms with van der Waals surface area (Å²) in [6, 6.07) is 0. The van der Waals surface area contributed by atoms with Crippen LogP contribution in [-0.4, -0.2) is 73.8 Å².